The molecular weight excluding hydrogens is 410 g/mol. The highest BCUT2D eigenvalue weighted by Crippen LogP contribution is 2.23. The normalized spacial score (nSPS) is 17.3. The Labute approximate surface area is 158 Å². The van der Waals surface area contributed by atoms with Crippen LogP contribution in [0.3, 0.4) is 0 Å². The van der Waals surface area contributed by atoms with E-state index in [1.165, 1.54) is 4.52 Å². The fourth-order valence-electron chi connectivity index (χ4n) is 2.80. The Morgan fingerprint density at radius 3 is 3.04 bits per heavy atom. The summed E-state index contributed by atoms with van der Waals surface area (Å²) >= 11 is 3.33. The molecule has 25 heavy (non-hydrogen) atoms. The molecule has 1 saturated heterocycles. The molecule has 1 fully saturated rings. The number of hydrogen-bond donors (Lipinski definition) is 1. The minimum atomic E-state index is -0.202. The molecule has 4 rings (SSSR count). The second-order valence-electron chi connectivity index (χ2n) is 5.46. The first-order chi connectivity index (χ1) is 11.7. The maximum Gasteiger partial charge on any atom is 0.294 e. The van der Waals surface area contributed by atoms with Crippen molar-refractivity contribution in [3.63, 3.8) is 0 Å². The summed E-state index contributed by atoms with van der Waals surface area (Å²) in [4.78, 5) is 27.3. The van der Waals surface area contributed by atoms with Crippen LogP contribution in [-0.2, 0) is 0 Å². The van der Waals surface area contributed by atoms with Crippen molar-refractivity contribution < 1.29 is 4.79 Å². The number of carbonyl (C=O) groups is 1. The van der Waals surface area contributed by atoms with Gasteiger partial charge in [-0.1, -0.05) is 6.07 Å². The summed E-state index contributed by atoms with van der Waals surface area (Å²) in [7, 11) is 0. The van der Waals surface area contributed by atoms with E-state index < -0.39 is 0 Å². The van der Waals surface area contributed by atoms with Gasteiger partial charge in [-0.05, 0) is 27.6 Å². The number of fused-ring (bicyclic) bond motifs is 1. The lowest BCUT2D eigenvalue weighted by molar-refractivity contribution is 0.0621. The number of nitrogens with zero attached hydrogens (tertiary/aromatic N) is 6. The van der Waals surface area contributed by atoms with Gasteiger partial charge in [-0.3, -0.25) is 9.78 Å². The SMILES string of the molecule is Cl.O=C(c1nc2ncc(Br)cn2n1)N1CCNCC1c1cccnc1. The lowest BCUT2D eigenvalue weighted by atomic mass is 10.1. The molecule has 0 radical (unpaired) electrons. The van der Waals surface area contributed by atoms with Crippen LogP contribution in [0, 0.1) is 0 Å². The molecular formula is C15H15BrClN7O. The molecule has 0 bridgehead atoms. The van der Waals surface area contributed by atoms with E-state index in [1.54, 1.807) is 29.7 Å². The summed E-state index contributed by atoms with van der Waals surface area (Å²) in [6.45, 7) is 2.00. The Morgan fingerprint density at radius 1 is 1.36 bits per heavy atom. The van der Waals surface area contributed by atoms with Gasteiger partial charge in [0.2, 0.25) is 5.82 Å². The lowest BCUT2D eigenvalue weighted by Crippen LogP contribution is -2.49. The van der Waals surface area contributed by atoms with Gasteiger partial charge in [0, 0.05) is 44.4 Å². The summed E-state index contributed by atoms with van der Waals surface area (Å²) in [5.74, 6) is 0.345. The zero-order chi connectivity index (χ0) is 16.5. The zero-order valence-electron chi connectivity index (χ0n) is 13.0. The molecule has 1 aliphatic heterocycles. The predicted octanol–water partition coefficient (Wildman–Crippen LogP) is 1.49. The molecule has 0 aromatic carbocycles. The number of rotatable bonds is 2. The average molecular weight is 425 g/mol. The van der Waals surface area contributed by atoms with Crippen LogP contribution in [0.5, 0.6) is 0 Å². The molecule has 1 aliphatic rings. The Bertz CT molecular complexity index is 888. The second-order valence-corrected chi connectivity index (χ2v) is 6.37. The third-order valence-electron chi connectivity index (χ3n) is 3.93. The number of aromatic nitrogens is 5. The van der Waals surface area contributed by atoms with Crippen LogP contribution in [-0.4, -0.2) is 55.0 Å². The minimum absolute atomic E-state index is 0. The van der Waals surface area contributed by atoms with E-state index in [0.717, 1.165) is 16.6 Å². The van der Waals surface area contributed by atoms with E-state index in [2.05, 4.69) is 41.3 Å². The van der Waals surface area contributed by atoms with Gasteiger partial charge in [-0.15, -0.1) is 17.5 Å². The fraction of sp³-hybridized carbons (Fsp3) is 0.267. The van der Waals surface area contributed by atoms with Gasteiger partial charge in [-0.25, -0.2) is 9.50 Å². The number of carbonyl (C=O) groups excluding carboxylic acids is 1. The van der Waals surface area contributed by atoms with Crippen LogP contribution in [0.25, 0.3) is 5.78 Å². The minimum Gasteiger partial charge on any atom is -0.326 e. The molecule has 4 heterocycles. The molecule has 1 N–H and O–H groups in total. The number of hydrogen-bond acceptors (Lipinski definition) is 6. The van der Waals surface area contributed by atoms with Crippen molar-refractivity contribution in [2.45, 2.75) is 6.04 Å². The number of amides is 1. The first-order valence-electron chi connectivity index (χ1n) is 7.52. The number of piperazine rings is 1. The van der Waals surface area contributed by atoms with Crippen LogP contribution in [0.4, 0.5) is 0 Å². The number of halogens is 2. The van der Waals surface area contributed by atoms with E-state index in [4.69, 9.17) is 0 Å². The average Bonchev–Trinajstić information content (AvgIpc) is 3.05. The van der Waals surface area contributed by atoms with E-state index in [9.17, 15) is 4.79 Å². The van der Waals surface area contributed by atoms with Crippen LogP contribution in [0.15, 0.2) is 41.4 Å². The zero-order valence-corrected chi connectivity index (χ0v) is 15.4. The molecule has 0 aliphatic carbocycles. The molecule has 3 aromatic heterocycles. The summed E-state index contributed by atoms with van der Waals surface area (Å²) in [6.07, 6.45) is 6.86. The van der Waals surface area contributed by atoms with Gasteiger partial charge in [-0.2, -0.15) is 4.98 Å². The topological polar surface area (TPSA) is 88.3 Å². The largest absolute Gasteiger partial charge is 0.326 e. The van der Waals surface area contributed by atoms with Crippen molar-refractivity contribution in [1.29, 1.82) is 0 Å². The van der Waals surface area contributed by atoms with Crippen molar-refractivity contribution >= 4 is 40.0 Å². The second kappa shape index (κ2) is 7.42. The quantitative estimate of drug-likeness (QED) is 0.670. The third-order valence-corrected chi connectivity index (χ3v) is 4.34. The van der Waals surface area contributed by atoms with Crippen molar-refractivity contribution in [2.75, 3.05) is 19.6 Å². The van der Waals surface area contributed by atoms with Gasteiger partial charge in [0.25, 0.3) is 11.7 Å². The van der Waals surface area contributed by atoms with Gasteiger partial charge >= 0.3 is 0 Å². The summed E-state index contributed by atoms with van der Waals surface area (Å²) < 4.78 is 2.27. The van der Waals surface area contributed by atoms with Gasteiger partial charge in [0.1, 0.15) is 0 Å². The number of nitrogens with one attached hydrogen (secondary N) is 1. The van der Waals surface area contributed by atoms with Crippen LogP contribution in [0.1, 0.15) is 22.2 Å². The molecule has 10 heteroatoms. The number of pyridine rings is 1. The van der Waals surface area contributed by atoms with E-state index in [-0.39, 0.29) is 30.2 Å². The van der Waals surface area contributed by atoms with E-state index in [1.807, 2.05) is 12.1 Å². The molecule has 1 unspecified atom stereocenters. The fourth-order valence-corrected chi connectivity index (χ4v) is 3.09. The summed E-state index contributed by atoms with van der Waals surface area (Å²) in [6, 6.07) is 3.75. The third kappa shape index (κ3) is 3.48. The standard InChI is InChI=1S/C15H14BrN7O.ClH/c16-11-7-19-15-20-13(21-23(15)9-11)14(24)22-5-4-18-8-12(22)10-2-1-3-17-6-10;/h1-3,6-7,9,12,18H,4-5,8H2;1H. The Morgan fingerprint density at radius 2 is 2.24 bits per heavy atom. The van der Waals surface area contributed by atoms with Crippen LogP contribution in [0.2, 0.25) is 0 Å². The van der Waals surface area contributed by atoms with Gasteiger partial charge in [0.15, 0.2) is 0 Å². The summed E-state index contributed by atoms with van der Waals surface area (Å²) in [5, 5.41) is 7.58. The first-order valence-corrected chi connectivity index (χ1v) is 8.31. The van der Waals surface area contributed by atoms with Crippen LogP contribution >= 0.6 is 28.3 Å². The Kier molecular flexibility index (Phi) is 5.26. The van der Waals surface area contributed by atoms with Crippen molar-refractivity contribution in [2.24, 2.45) is 0 Å². The van der Waals surface area contributed by atoms with Crippen molar-refractivity contribution in [3.8, 4) is 0 Å². The first kappa shape index (κ1) is 17.7. The smallest absolute Gasteiger partial charge is 0.294 e. The maximum atomic E-state index is 12.9. The monoisotopic (exact) mass is 423 g/mol. The summed E-state index contributed by atoms with van der Waals surface area (Å²) in [5.41, 5.74) is 0.989. The van der Waals surface area contributed by atoms with E-state index >= 15 is 0 Å². The Hall–Kier alpha value is -2.10. The van der Waals surface area contributed by atoms with Gasteiger partial charge < -0.3 is 10.2 Å². The van der Waals surface area contributed by atoms with Crippen LogP contribution < -0.4 is 5.32 Å². The van der Waals surface area contributed by atoms with Crippen molar-refractivity contribution in [1.82, 2.24) is 34.8 Å². The van der Waals surface area contributed by atoms with Crippen molar-refractivity contribution in [3.05, 3.63) is 52.8 Å². The molecule has 1 amide bonds. The van der Waals surface area contributed by atoms with E-state index in [0.29, 0.717) is 18.9 Å². The molecule has 0 saturated carbocycles. The molecule has 1 atom stereocenters. The molecule has 0 spiro atoms. The predicted molar refractivity (Wildman–Crippen MR) is 96.6 cm³/mol. The maximum absolute atomic E-state index is 12.9. The lowest BCUT2D eigenvalue weighted by Gasteiger charge is -2.35. The van der Waals surface area contributed by atoms with Gasteiger partial charge in [0.05, 0.1) is 10.5 Å². The highest BCUT2D eigenvalue weighted by molar-refractivity contribution is 9.10. The Balaban J connectivity index is 0.00000182. The molecule has 3 aromatic rings. The molecule has 8 nitrogen and oxygen atoms in total. The highest BCUT2D eigenvalue weighted by atomic mass is 79.9. The molecule has 130 valence electrons. The highest BCUT2D eigenvalue weighted by Gasteiger charge is 2.31.